The van der Waals surface area contributed by atoms with Gasteiger partial charge in [0.05, 0.1) is 12.2 Å². The molecule has 5 heteroatoms. The molecule has 2 N–H and O–H groups in total. The van der Waals surface area contributed by atoms with E-state index < -0.39 is 17.7 Å². The molecule has 1 aliphatic heterocycles. The molecule has 0 bridgehead atoms. The standard InChI is InChI=1S/C14H19F2NO2/c1-9(17-8-11-3-2-6-19-11)14(18)12-7-10(15)4-5-13(12)16/h4-5,7,9,11,14,17-18H,2-3,6,8H2,1H3. The maximum absolute atomic E-state index is 13.5. The van der Waals surface area contributed by atoms with Crippen molar-refractivity contribution in [2.75, 3.05) is 13.2 Å². The second-order valence-corrected chi connectivity index (χ2v) is 4.94. The van der Waals surface area contributed by atoms with E-state index in [1.165, 1.54) is 0 Å². The Morgan fingerprint density at radius 2 is 2.26 bits per heavy atom. The van der Waals surface area contributed by atoms with Gasteiger partial charge in [-0.1, -0.05) is 0 Å². The number of hydrogen-bond acceptors (Lipinski definition) is 3. The lowest BCUT2D eigenvalue weighted by Crippen LogP contribution is -2.37. The molecule has 106 valence electrons. The van der Waals surface area contributed by atoms with Gasteiger partial charge in [-0.2, -0.15) is 0 Å². The van der Waals surface area contributed by atoms with E-state index in [4.69, 9.17) is 4.74 Å². The molecule has 19 heavy (non-hydrogen) atoms. The Morgan fingerprint density at radius 3 is 2.95 bits per heavy atom. The van der Waals surface area contributed by atoms with Crippen LogP contribution < -0.4 is 5.32 Å². The summed E-state index contributed by atoms with van der Waals surface area (Å²) < 4.78 is 32.1. The SMILES string of the molecule is CC(NCC1CCCO1)C(O)c1cc(F)ccc1F. The number of halogens is 2. The van der Waals surface area contributed by atoms with Gasteiger partial charge in [-0.05, 0) is 38.0 Å². The summed E-state index contributed by atoms with van der Waals surface area (Å²) in [6, 6.07) is 2.72. The van der Waals surface area contributed by atoms with Crippen LogP contribution in [0.25, 0.3) is 0 Å². The molecule has 1 aromatic carbocycles. The normalized spacial score (nSPS) is 22.4. The first-order valence-corrected chi connectivity index (χ1v) is 6.56. The fourth-order valence-electron chi connectivity index (χ4n) is 2.24. The predicted molar refractivity (Wildman–Crippen MR) is 67.8 cm³/mol. The Bertz CT molecular complexity index is 422. The van der Waals surface area contributed by atoms with Crippen molar-refractivity contribution in [2.45, 2.75) is 38.0 Å². The molecule has 1 saturated heterocycles. The molecular weight excluding hydrogens is 252 g/mol. The van der Waals surface area contributed by atoms with Crippen molar-refractivity contribution < 1.29 is 18.6 Å². The number of nitrogens with one attached hydrogen (secondary N) is 1. The van der Waals surface area contributed by atoms with E-state index in [0.29, 0.717) is 6.54 Å². The zero-order chi connectivity index (χ0) is 13.8. The van der Waals surface area contributed by atoms with E-state index >= 15 is 0 Å². The fraction of sp³-hybridized carbons (Fsp3) is 0.571. The molecule has 2 rings (SSSR count). The van der Waals surface area contributed by atoms with Crippen LogP contribution in [0.15, 0.2) is 18.2 Å². The highest BCUT2D eigenvalue weighted by molar-refractivity contribution is 5.22. The molecule has 0 saturated carbocycles. The van der Waals surface area contributed by atoms with Crippen LogP contribution in [0, 0.1) is 11.6 Å². The smallest absolute Gasteiger partial charge is 0.129 e. The zero-order valence-corrected chi connectivity index (χ0v) is 10.9. The molecule has 0 aliphatic carbocycles. The van der Waals surface area contributed by atoms with Gasteiger partial charge in [-0.15, -0.1) is 0 Å². The molecule has 3 unspecified atom stereocenters. The first-order chi connectivity index (χ1) is 9.08. The van der Waals surface area contributed by atoms with Crippen LogP contribution in [-0.2, 0) is 4.74 Å². The van der Waals surface area contributed by atoms with Crippen LogP contribution in [0.2, 0.25) is 0 Å². The fourth-order valence-corrected chi connectivity index (χ4v) is 2.24. The lowest BCUT2D eigenvalue weighted by molar-refractivity contribution is 0.0898. The Hall–Kier alpha value is -1.04. The Balaban J connectivity index is 1.93. The second-order valence-electron chi connectivity index (χ2n) is 4.94. The number of rotatable bonds is 5. The van der Waals surface area contributed by atoms with Crippen LogP contribution in [0.3, 0.4) is 0 Å². The van der Waals surface area contributed by atoms with Crippen molar-refractivity contribution in [3.8, 4) is 0 Å². The summed E-state index contributed by atoms with van der Waals surface area (Å²) in [6.07, 6.45) is 1.09. The van der Waals surface area contributed by atoms with Crippen molar-refractivity contribution in [3.05, 3.63) is 35.4 Å². The third-order valence-electron chi connectivity index (χ3n) is 3.44. The summed E-state index contributed by atoms with van der Waals surface area (Å²) in [4.78, 5) is 0. The van der Waals surface area contributed by atoms with Crippen molar-refractivity contribution >= 4 is 0 Å². The molecule has 1 aromatic rings. The molecule has 0 amide bonds. The third-order valence-corrected chi connectivity index (χ3v) is 3.44. The number of aliphatic hydroxyl groups is 1. The lowest BCUT2D eigenvalue weighted by Gasteiger charge is -2.22. The van der Waals surface area contributed by atoms with E-state index in [2.05, 4.69) is 5.32 Å². The van der Waals surface area contributed by atoms with Crippen LogP contribution in [-0.4, -0.2) is 30.4 Å². The molecule has 3 nitrogen and oxygen atoms in total. The third kappa shape index (κ3) is 3.72. The monoisotopic (exact) mass is 271 g/mol. The summed E-state index contributed by atoms with van der Waals surface area (Å²) in [5.74, 6) is -1.15. The van der Waals surface area contributed by atoms with E-state index in [-0.39, 0.29) is 17.7 Å². The Kier molecular flexibility index (Phi) is 4.85. The average molecular weight is 271 g/mol. The maximum atomic E-state index is 13.5. The van der Waals surface area contributed by atoms with Crippen LogP contribution in [0.4, 0.5) is 8.78 Å². The first-order valence-electron chi connectivity index (χ1n) is 6.56. The maximum Gasteiger partial charge on any atom is 0.129 e. The van der Waals surface area contributed by atoms with Crippen molar-refractivity contribution in [1.82, 2.24) is 5.32 Å². The Morgan fingerprint density at radius 1 is 1.47 bits per heavy atom. The zero-order valence-electron chi connectivity index (χ0n) is 10.9. The molecular formula is C14H19F2NO2. The second kappa shape index (κ2) is 6.41. The highest BCUT2D eigenvalue weighted by Gasteiger charge is 2.22. The minimum atomic E-state index is -1.09. The summed E-state index contributed by atoms with van der Waals surface area (Å²) in [7, 11) is 0. The molecule has 1 aliphatic rings. The highest BCUT2D eigenvalue weighted by atomic mass is 19.1. The van der Waals surface area contributed by atoms with Crippen molar-refractivity contribution in [1.29, 1.82) is 0 Å². The van der Waals surface area contributed by atoms with Crippen LogP contribution in [0.5, 0.6) is 0 Å². The van der Waals surface area contributed by atoms with Gasteiger partial charge in [0.25, 0.3) is 0 Å². The van der Waals surface area contributed by atoms with Gasteiger partial charge < -0.3 is 15.2 Å². The van der Waals surface area contributed by atoms with Crippen molar-refractivity contribution in [3.63, 3.8) is 0 Å². The summed E-state index contributed by atoms with van der Waals surface area (Å²) in [5, 5.41) is 13.2. The van der Waals surface area contributed by atoms with Crippen LogP contribution in [0.1, 0.15) is 31.4 Å². The lowest BCUT2D eigenvalue weighted by atomic mass is 10.0. The van der Waals surface area contributed by atoms with Gasteiger partial charge in [0.1, 0.15) is 11.6 Å². The summed E-state index contributed by atoms with van der Waals surface area (Å²) >= 11 is 0. The van der Waals surface area contributed by atoms with Crippen molar-refractivity contribution in [2.24, 2.45) is 0 Å². The van der Waals surface area contributed by atoms with Gasteiger partial charge in [0.2, 0.25) is 0 Å². The van der Waals surface area contributed by atoms with E-state index in [0.717, 1.165) is 37.6 Å². The predicted octanol–water partition coefficient (Wildman–Crippen LogP) is 2.16. The van der Waals surface area contributed by atoms with Gasteiger partial charge >= 0.3 is 0 Å². The number of hydrogen-bond donors (Lipinski definition) is 2. The quantitative estimate of drug-likeness (QED) is 0.862. The Labute approximate surface area is 111 Å². The molecule has 0 spiro atoms. The van der Waals surface area contributed by atoms with Gasteiger partial charge in [-0.3, -0.25) is 0 Å². The minimum absolute atomic E-state index is 0.0210. The molecule has 1 fully saturated rings. The minimum Gasteiger partial charge on any atom is -0.387 e. The largest absolute Gasteiger partial charge is 0.387 e. The summed E-state index contributed by atoms with van der Waals surface area (Å²) in [5.41, 5.74) is -0.0210. The molecule has 0 radical (unpaired) electrons. The average Bonchev–Trinajstić information content (AvgIpc) is 2.91. The van der Waals surface area contributed by atoms with E-state index in [1.54, 1.807) is 6.92 Å². The van der Waals surface area contributed by atoms with Crippen LogP contribution >= 0.6 is 0 Å². The molecule has 0 aromatic heterocycles. The van der Waals surface area contributed by atoms with E-state index in [9.17, 15) is 13.9 Å². The number of ether oxygens (including phenoxy) is 1. The van der Waals surface area contributed by atoms with E-state index in [1.807, 2.05) is 0 Å². The number of benzene rings is 1. The van der Waals surface area contributed by atoms with Gasteiger partial charge in [-0.25, -0.2) is 8.78 Å². The van der Waals surface area contributed by atoms with Gasteiger partial charge in [0.15, 0.2) is 0 Å². The molecule has 1 heterocycles. The summed E-state index contributed by atoms with van der Waals surface area (Å²) in [6.45, 7) is 3.11. The van der Waals surface area contributed by atoms with Gasteiger partial charge in [0, 0.05) is 24.8 Å². The topological polar surface area (TPSA) is 41.5 Å². The first kappa shape index (κ1) is 14.4. The number of aliphatic hydroxyl groups excluding tert-OH is 1. The highest BCUT2D eigenvalue weighted by Crippen LogP contribution is 2.21. The molecule has 3 atom stereocenters.